The molecule has 0 aliphatic carbocycles. The Balaban J connectivity index is 2.31. The molecule has 7 nitrogen and oxygen atoms in total. The van der Waals surface area contributed by atoms with Crippen molar-refractivity contribution in [1.29, 1.82) is 5.26 Å². The Labute approximate surface area is 123 Å². The fourth-order valence-electron chi connectivity index (χ4n) is 1.69. The van der Waals surface area contributed by atoms with E-state index in [9.17, 15) is 10.1 Å². The van der Waals surface area contributed by atoms with Crippen LogP contribution < -0.4 is 5.32 Å². The molecule has 0 unspecified atom stereocenters. The molecular weight excluding hydrogens is 274 g/mol. The topological polar surface area (TPSA) is 97.4 Å². The van der Waals surface area contributed by atoms with Gasteiger partial charge in [-0.2, -0.15) is 5.26 Å². The normalized spacial score (nSPS) is 10.1. The van der Waals surface area contributed by atoms with Crippen LogP contribution in [0.4, 0.5) is 11.4 Å². The summed E-state index contributed by atoms with van der Waals surface area (Å²) in [7, 11) is 1.63. The van der Waals surface area contributed by atoms with Gasteiger partial charge in [-0.15, -0.1) is 0 Å². The minimum atomic E-state index is -0.548. The average Bonchev–Trinajstić information content (AvgIpc) is 2.49. The van der Waals surface area contributed by atoms with Gasteiger partial charge in [-0.1, -0.05) is 0 Å². The van der Waals surface area contributed by atoms with Crippen molar-refractivity contribution in [2.45, 2.75) is 12.8 Å². The summed E-state index contributed by atoms with van der Waals surface area (Å²) in [5, 5.41) is 22.7. The van der Waals surface area contributed by atoms with E-state index in [0.29, 0.717) is 32.1 Å². The highest BCUT2D eigenvalue weighted by atomic mass is 16.6. The molecule has 1 rings (SSSR count). The molecule has 1 N–H and O–H groups in total. The molecule has 0 aliphatic rings. The number of nitrogens with zero attached hydrogens (tertiary/aromatic N) is 2. The number of benzene rings is 1. The molecule has 1 aromatic carbocycles. The highest BCUT2D eigenvalue weighted by Gasteiger charge is 2.13. The van der Waals surface area contributed by atoms with E-state index < -0.39 is 4.92 Å². The number of methoxy groups -OCH3 is 1. The van der Waals surface area contributed by atoms with Crippen LogP contribution >= 0.6 is 0 Å². The number of rotatable bonds is 10. The lowest BCUT2D eigenvalue weighted by atomic mass is 10.1. The van der Waals surface area contributed by atoms with Crippen molar-refractivity contribution in [2.75, 3.05) is 38.8 Å². The van der Waals surface area contributed by atoms with Crippen molar-refractivity contribution < 1.29 is 14.4 Å². The second kappa shape index (κ2) is 9.69. The fraction of sp³-hybridized carbons (Fsp3) is 0.500. The second-order valence-corrected chi connectivity index (χ2v) is 4.34. The molecule has 114 valence electrons. The van der Waals surface area contributed by atoms with Crippen molar-refractivity contribution in [3.63, 3.8) is 0 Å². The Bertz CT molecular complexity index is 499. The molecule has 0 aromatic heterocycles. The first-order chi connectivity index (χ1) is 10.2. The van der Waals surface area contributed by atoms with Gasteiger partial charge < -0.3 is 14.8 Å². The first-order valence-corrected chi connectivity index (χ1v) is 6.68. The van der Waals surface area contributed by atoms with Crippen molar-refractivity contribution in [3.05, 3.63) is 33.9 Å². The van der Waals surface area contributed by atoms with Gasteiger partial charge in [-0.3, -0.25) is 10.1 Å². The van der Waals surface area contributed by atoms with Crippen molar-refractivity contribution >= 4 is 11.4 Å². The van der Waals surface area contributed by atoms with Gasteiger partial charge in [0.25, 0.3) is 5.69 Å². The van der Waals surface area contributed by atoms with E-state index in [1.807, 2.05) is 6.07 Å². The van der Waals surface area contributed by atoms with Gasteiger partial charge in [0, 0.05) is 32.0 Å². The molecule has 21 heavy (non-hydrogen) atoms. The van der Waals surface area contributed by atoms with E-state index in [1.165, 1.54) is 12.1 Å². The predicted octanol–water partition coefficient (Wildman–Crippen LogP) is 2.32. The van der Waals surface area contributed by atoms with Gasteiger partial charge in [0.1, 0.15) is 11.6 Å². The molecule has 0 fully saturated rings. The van der Waals surface area contributed by atoms with Crippen molar-refractivity contribution in [1.82, 2.24) is 0 Å². The van der Waals surface area contributed by atoms with Crippen LogP contribution in [0.15, 0.2) is 18.2 Å². The zero-order valence-electron chi connectivity index (χ0n) is 12.0. The molecule has 0 atom stereocenters. The molecule has 0 amide bonds. The largest absolute Gasteiger partial charge is 0.385 e. The summed E-state index contributed by atoms with van der Waals surface area (Å²) in [4.78, 5) is 10.3. The fourth-order valence-corrected chi connectivity index (χ4v) is 1.69. The van der Waals surface area contributed by atoms with Crippen LogP contribution in [0, 0.1) is 21.4 Å². The van der Waals surface area contributed by atoms with E-state index in [0.717, 1.165) is 12.8 Å². The lowest BCUT2D eigenvalue weighted by Crippen LogP contribution is -2.06. The van der Waals surface area contributed by atoms with Gasteiger partial charge in [-0.05, 0) is 25.0 Å². The lowest BCUT2D eigenvalue weighted by molar-refractivity contribution is -0.385. The number of nitro groups is 1. The monoisotopic (exact) mass is 293 g/mol. The van der Waals surface area contributed by atoms with Gasteiger partial charge in [0.2, 0.25) is 0 Å². The molecule has 0 bridgehead atoms. The summed E-state index contributed by atoms with van der Waals surface area (Å²) in [5.74, 6) is 0. The van der Waals surface area contributed by atoms with E-state index in [2.05, 4.69) is 5.32 Å². The third-order valence-electron chi connectivity index (χ3n) is 2.79. The average molecular weight is 293 g/mol. The Kier molecular flexibility index (Phi) is 7.79. The SMILES string of the molecule is COCCOCCCCNc1ccc(C#N)c([N+](=O)[O-])c1. The standard InChI is InChI=1S/C14H19N3O4/c1-20-8-9-21-7-3-2-6-16-13-5-4-12(11-15)14(10-13)17(18)19/h4-5,10,16H,2-3,6-9H2,1H3. The maximum absolute atomic E-state index is 10.8. The third kappa shape index (κ3) is 6.21. The molecule has 0 spiro atoms. The van der Waals surface area contributed by atoms with Crippen LogP contribution in [0.5, 0.6) is 0 Å². The highest BCUT2D eigenvalue weighted by molar-refractivity contribution is 5.59. The zero-order chi connectivity index (χ0) is 15.5. The molecule has 0 saturated carbocycles. The molecule has 0 radical (unpaired) electrons. The van der Waals surface area contributed by atoms with E-state index in [-0.39, 0.29) is 11.3 Å². The summed E-state index contributed by atoms with van der Waals surface area (Å²) in [6.07, 6.45) is 1.79. The Morgan fingerprint density at radius 3 is 2.81 bits per heavy atom. The zero-order valence-corrected chi connectivity index (χ0v) is 12.0. The van der Waals surface area contributed by atoms with Crippen LogP contribution in [-0.2, 0) is 9.47 Å². The number of anilines is 1. The van der Waals surface area contributed by atoms with Crippen molar-refractivity contribution in [3.8, 4) is 6.07 Å². The van der Waals surface area contributed by atoms with Gasteiger partial charge >= 0.3 is 0 Å². The molecule has 0 saturated heterocycles. The number of hydrogen-bond acceptors (Lipinski definition) is 6. The van der Waals surface area contributed by atoms with Gasteiger partial charge in [-0.25, -0.2) is 0 Å². The van der Waals surface area contributed by atoms with Crippen LogP contribution in [0.2, 0.25) is 0 Å². The Morgan fingerprint density at radius 1 is 1.33 bits per heavy atom. The van der Waals surface area contributed by atoms with Crippen molar-refractivity contribution in [2.24, 2.45) is 0 Å². The smallest absolute Gasteiger partial charge is 0.289 e. The number of nitro benzene ring substituents is 1. The highest BCUT2D eigenvalue weighted by Crippen LogP contribution is 2.22. The number of ether oxygens (including phenoxy) is 2. The summed E-state index contributed by atoms with van der Waals surface area (Å²) in [6.45, 7) is 2.54. The first kappa shape index (κ1) is 16.9. The van der Waals surface area contributed by atoms with Crippen LogP contribution in [0.1, 0.15) is 18.4 Å². The quantitative estimate of drug-likeness (QED) is 0.404. The van der Waals surface area contributed by atoms with Gasteiger partial charge in [0.15, 0.2) is 0 Å². The lowest BCUT2D eigenvalue weighted by Gasteiger charge is -2.07. The molecule has 7 heteroatoms. The van der Waals surface area contributed by atoms with Gasteiger partial charge in [0.05, 0.1) is 18.1 Å². The maximum Gasteiger partial charge on any atom is 0.289 e. The predicted molar refractivity (Wildman–Crippen MR) is 78.2 cm³/mol. The number of unbranched alkanes of at least 4 members (excludes halogenated alkanes) is 1. The summed E-state index contributed by atoms with van der Waals surface area (Å²) < 4.78 is 10.2. The Hall–Kier alpha value is -2.17. The number of nitriles is 1. The molecule has 1 aromatic rings. The first-order valence-electron chi connectivity index (χ1n) is 6.68. The summed E-state index contributed by atoms with van der Waals surface area (Å²) in [6, 6.07) is 6.31. The number of hydrogen-bond donors (Lipinski definition) is 1. The third-order valence-corrected chi connectivity index (χ3v) is 2.79. The number of nitrogens with one attached hydrogen (secondary N) is 1. The van der Waals surface area contributed by atoms with E-state index in [1.54, 1.807) is 13.2 Å². The van der Waals surface area contributed by atoms with Crippen LogP contribution in [0.3, 0.4) is 0 Å². The molecular formula is C14H19N3O4. The van der Waals surface area contributed by atoms with Crippen LogP contribution in [0.25, 0.3) is 0 Å². The minimum absolute atomic E-state index is 0.0668. The minimum Gasteiger partial charge on any atom is -0.385 e. The molecule has 0 heterocycles. The van der Waals surface area contributed by atoms with Crippen LogP contribution in [-0.4, -0.2) is 38.4 Å². The summed E-state index contributed by atoms with van der Waals surface area (Å²) in [5.41, 5.74) is 0.531. The Morgan fingerprint density at radius 2 is 2.14 bits per heavy atom. The van der Waals surface area contributed by atoms with E-state index in [4.69, 9.17) is 14.7 Å². The summed E-state index contributed by atoms with van der Waals surface area (Å²) >= 11 is 0. The van der Waals surface area contributed by atoms with E-state index >= 15 is 0 Å². The molecule has 0 aliphatic heterocycles. The maximum atomic E-state index is 10.8. The second-order valence-electron chi connectivity index (χ2n) is 4.34.